The maximum Gasteiger partial charge on any atom is 0.234 e. The van der Waals surface area contributed by atoms with E-state index in [9.17, 15) is 4.79 Å². The topological polar surface area (TPSA) is 50.2 Å². The van der Waals surface area contributed by atoms with Crippen LogP contribution in [0.3, 0.4) is 0 Å². The van der Waals surface area contributed by atoms with Crippen LogP contribution in [-0.2, 0) is 24.8 Å². The molecule has 3 rings (SSSR count). The number of amides is 1. The third-order valence-corrected chi connectivity index (χ3v) is 4.93. The summed E-state index contributed by atoms with van der Waals surface area (Å²) < 4.78 is 2.09. The number of carbonyl (C=O) groups is 1. The van der Waals surface area contributed by atoms with Crippen LogP contribution in [0.5, 0.6) is 0 Å². The molecular weight excluding hydrogens is 312 g/mol. The predicted molar refractivity (Wildman–Crippen MR) is 99.1 cm³/mol. The highest BCUT2D eigenvalue weighted by Gasteiger charge is 2.22. The van der Waals surface area contributed by atoms with Crippen molar-refractivity contribution in [3.05, 3.63) is 53.6 Å². The summed E-state index contributed by atoms with van der Waals surface area (Å²) in [6.45, 7) is 5.15. The lowest BCUT2D eigenvalue weighted by Crippen LogP contribution is -2.43. The summed E-state index contributed by atoms with van der Waals surface area (Å²) in [4.78, 5) is 19.0. The summed E-state index contributed by atoms with van der Waals surface area (Å²) in [5, 5.41) is 3.05. The molecule has 0 radical (unpaired) electrons. The molecule has 1 fully saturated rings. The van der Waals surface area contributed by atoms with E-state index in [-0.39, 0.29) is 5.91 Å². The standard InChI is InChI=1S/C20H28N4O/c1-16-5-3-6-17(11-16)13-22-20(25)15-24-9-4-7-18(14-24)12-19-21-8-10-23(19)2/h3,5-6,8,10-11,18H,4,7,9,12-15H2,1-2H3,(H,22,25). The Morgan fingerprint density at radius 1 is 1.40 bits per heavy atom. The average Bonchev–Trinajstić information content (AvgIpc) is 2.98. The van der Waals surface area contributed by atoms with Gasteiger partial charge in [-0.25, -0.2) is 4.98 Å². The van der Waals surface area contributed by atoms with Crippen molar-refractivity contribution < 1.29 is 4.79 Å². The molecule has 2 heterocycles. The second kappa shape index (κ2) is 8.30. The third-order valence-electron chi connectivity index (χ3n) is 4.93. The van der Waals surface area contributed by atoms with Crippen molar-refractivity contribution in [2.24, 2.45) is 13.0 Å². The minimum absolute atomic E-state index is 0.110. The molecular formula is C20H28N4O. The van der Waals surface area contributed by atoms with Gasteiger partial charge in [0, 0.05) is 39.0 Å². The molecule has 1 N–H and O–H groups in total. The van der Waals surface area contributed by atoms with Crippen molar-refractivity contribution in [1.29, 1.82) is 0 Å². The molecule has 1 amide bonds. The zero-order valence-corrected chi connectivity index (χ0v) is 15.2. The van der Waals surface area contributed by atoms with Gasteiger partial charge in [-0.3, -0.25) is 9.69 Å². The number of carbonyl (C=O) groups excluding carboxylic acids is 1. The fourth-order valence-electron chi connectivity index (χ4n) is 3.59. The van der Waals surface area contributed by atoms with Crippen LogP contribution in [-0.4, -0.2) is 40.0 Å². The molecule has 1 aliphatic rings. The zero-order valence-electron chi connectivity index (χ0n) is 15.2. The number of nitrogens with zero attached hydrogens (tertiary/aromatic N) is 3. The van der Waals surface area contributed by atoms with Crippen LogP contribution < -0.4 is 5.32 Å². The number of rotatable bonds is 6. The fraction of sp³-hybridized carbons (Fsp3) is 0.500. The van der Waals surface area contributed by atoms with E-state index in [1.165, 1.54) is 12.0 Å². The number of benzene rings is 1. The number of imidazole rings is 1. The Morgan fingerprint density at radius 2 is 2.28 bits per heavy atom. The lowest BCUT2D eigenvalue weighted by molar-refractivity contribution is -0.122. The van der Waals surface area contributed by atoms with Gasteiger partial charge in [-0.05, 0) is 37.8 Å². The fourth-order valence-corrected chi connectivity index (χ4v) is 3.59. The number of nitrogens with one attached hydrogen (secondary N) is 1. The van der Waals surface area contributed by atoms with Crippen LogP contribution in [0.1, 0.15) is 29.8 Å². The summed E-state index contributed by atoms with van der Waals surface area (Å²) in [7, 11) is 2.04. The molecule has 1 atom stereocenters. The van der Waals surface area contributed by atoms with Crippen molar-refractivity contribution in [2.75, 3.05) is 19.6 Å². The number of hydrogen-bond acceptors (Lipinski definition) is 3. The molecule has 5 heteroatoms. The molecule has 1 saturated heterocycles. The summed E-state index contributed by atoms with van der Waals surface area (Å²) in [5.74, 6) is 1.83. The minimum Gasteiger partial charge on any atom is -0.351 e. The Bertz CT molecular complexity index is 709. The number of piperidine rings is 1. The van der Waals surface area contributed by atoms with E-state index in [1.54, 1.807) is 0 Å². The molecule has 0 aliphatic carbocycles. The second-order valence-electron chi connectivity index (χ2n) is 7.17. The predicted octanol–water partition coefficient (Wildman–Crippen LogP) is 2.30. The normalized spacial score (nSPS) is 18.2. The lowest BCUT2D eigenvalue weighted by Gasteiger charge is -2.32. The molecule has 1 aromatic carbocycles. The molecule has 25 heavy (non-hydrogen) atoms. The minimum atomic E-state index is 0.110. The van der Waals surface area contributed by atoms with E-state index >= 15 is 0 Å². The first kappa shape index (κ1) is 17.7. The van der Waals surface area contributed by atoms with Gasteiger partial charge >= 0.3 is 0 Å². The van der Waals surface area contributed by atoms with E-state index in [0.29, 0.717) is 19.0 Å². The van der Waals surface area contributed by atoms with Crippen LogP contribution in [0.15, 0.2) is 36.7 Å². The van der Waals surface area contributed by atoms with Crippen LogP contribution in [0.25, 0.3) is 0 Å². The first-order valence-electron chi connectivity index (χ1n) is 9.11. The molecule has 5 nitrogen and oxygen atoms in total. The van der Waals surface area contributed by atoms with Gasteiger partial charge in [-0.15, -0.1) is 0 Å². The molecule has 0 bridgehead atoms. The lowest BCUT2D eigenvalue weighted by atomic mass is 9.94. The van der Waals surface area contributed by atoms with Crippen molar-refractivity contribution in [3.8, 4) is 0 Å². The van der Waals surface area contributed by atoms with Gasteiger partial charge < -0.3 is 9.88 Å². The van der Waals surface area contributed by atoms with Gasteiger partial charge in [0.1, 0.15) is 5.82 Å². The number of hydrogen-bond donors (Lipinski definition) is 1. The highest BCUT2D eigenvalue weighted by Crippen LogP contribution is 2.19. The summed E-state index contributed by atoms with van der Waals surface area (Å²) >= 11 is 0. The Hall–Kier alpha value is -2.14. The summed E-state index contributed by atoms with van der Waals surface area (Å²) in [6, 6.07) is 8.27. The SMILES string of the molecule is Cc1cccc(CNC(=O)CN2CCCC(Cc3nccn3C)C2)c1. The first-order valence-corrected chi connectivity index (χ1v) is 9.11. The monoisotopic (exact) mass is 340 g/mol. The third kappa shape index (κ3) is 5.16. The van der Waals surface area contributed by atoms with Crippen LogP contribution >= 0.6 is 0 Å². The van der Waals surface area contributed by atoms with Crippen LogP contribution in [0, 0.1) is 12.8 Å². The van der Waals surface area contributed by atoms with Gasteiger partial charge in [0.15, 0.2) is 0 Å². The van der Waals surface area contributed by atoms with E-state index in [0.717, 1.165) is 37.3 Å². The maximum atomic E-state index is 12.3. The van der Waals surface area contributed by atoms with Crippen LogP contribution in [0.4, 0.5) is 0 Å². The van der Waals surface area contributed by atoms with Crippen LogP contribution in [0.2, 0.25) is 0 Å². The average molecular weight is 340 g/mol. The van der Waals surface area contributed by atoms with Gasteiger partial charge in [0.2, 0.25) is 5.91 Å². The summed E-state index contributed by atoms with van der Waals surface area (Å²) in [6.07, 6.45) is 7.21. The van der Waals surface area contributed by atoms with E-state index in [2.05, 4.69) is 44.9 Å². The quantitative estimate of drug-likeness (QED) is 0.878. The molecule has 134 valence electrons. The largest absolute Gasteiger partial charge is 0.351 e. The molecule has 1 unspecified atom stereocenters. The van der Waals surface area contributed by atoms with Crippen molar-refractivity contribution in [2.45, 2.75) is 32.7 Å². The van der Waals surface area contributed by atoms with Crippen molar-refractivity contribution >= 4 is 5.91 Å². The van der Waals surface area contributed by atoms with Gasteiger partial charge in [0.25, 0.3) is 0 Å². The zero-order chi connectivity index (χ0) is 17.6. The van der Waals surface area contributed by atoms with E-state index < -0.39 is 0 Å². The van der Waals surface area contributed by atoms with E-state index in [4.69, 9.17) is 0 Å². The van der Waals surface area contributed by atoms with Gasteiger partial charge in [-0.2, -0.15) is 0 Å². The highest BCUT2D eigenvalue weighted by molar-refractivity contribution is 5.78. The van der Waals surface area contributed by atoms with Gasteiger partial charge in [-0.1, -0.05) is 29.8 Å². The maximum absolute atomic E-state index is 12.3. The Balaban J connectivity index is 1.45. The molecule has 0 spiro atoms. The van der Waals surface area contributed by atoms with Crippen molar-refractivity contribution in [3.63, 3.8) is 0 Å². The molecule has 0 saturated carbocycles. The number of aryl methyl sites for hydroxylation is 2. The van der Waals surface area contributed by atoms with E-state index in [1.807, 2.05) is 25.5 Å². The number of likely N-dealkylation sites (tertiary alicyclic amines) is 1. The smallest absolute Gasteiger partial charge is 0.234 e. The van der Waals surface area contributed by atoms with Crippen molar-refractivity contribution in [1.82, 2.24) is 19.8 Å². The first-order chi connectivity index (χ1) is 12.1. The van der Waals surface area contributed by atoms with Gasteiger partial charge in [0.05, 0.1) is 6.54 Å². The Morgan fingerprint density at radius 3 is 3.04 bits per heavy atom. The Labute approximate surface area is 150 Å². The second-order valence-corrected chi connectivity index (χ2v) is 7.17. The number of aromatic nitrogens is 2. The Kier molecular flexibility index (Phi) is 5.87. The molecule has 1 aromatic heterocycles. The summed E-state index contributed by atoms with van der Waals surface area (Å²) in [5.41, 5.74) is 2.37. The highest BCUT2D eigenvalue weighted by atomic mass is 16.2. The molecule has 1 aliphatic heterocycles. The molecule has 2 aromatic rings.